The van der Waals surface area contributed by atoms with E-state index in [1.807, 2.05) is 0 Å². The molecule has 3 aromatic rings. The number of piperidine rings is 1. The molecule has 0 saturated carbocycles. The average Bonchev–Trinajstić information content (AvgIpc) is 3.48. The normalized spacial score (nSPS) is 17.4. The van der Waals surface area contributed by atoms with Crippen molar-refractivity contribution in [2.24, 2.45) is 5.92 Å². The van der Waals surface area contributed by atoms with Crippen LogP contribution in [-0.4, -0.2) is 55.6 Å². The molecule has 1 aromatic carbocycles. The molecule has 2 aromatic heterocycles. The summed E-state index contributed by atoms with van der Waals surface area (Å²) in [5.74, 6) is -0.737. The maximum absolute atomic E-state index is 12.9. The Bertz CT molecular complexity index is 1450. The van der Waals surface area contributed by atoms with Gasteiger partial charge in [-0.25, -0.2) is 16.8 Å². The van der Waals surface area contributed by atoms with Gasteiger partial charge >= 0.3 is 6.01 Å². The van der Waals surface area contributed by atoms with Crippen LogP contribution in [0.1, 0.15) is 38.1 Å². The van der Waals surface area contributed by atoms with Gasteiger partial charge in [0, 0.05) is 13.1 Å². The number of carbonyl (C=O) groups is 1. The zero-order valence-corrected chi connectivity index (χ0v) is 22.8. The summed E-state index contributed by atoms with van der Waals surface area (Å²) in [6.07, 6.45) is 1.31. The smallest absolute Gasteiger partial charge is 0.322 e. The van der Waals surface area contributed by atoms with Crippen LogP contribution >= 0.6 is 22.9 Å². The standard InChI is InChI=1S/C22H25ClN4O6S3/c1-14(2)35(29,30)17-7-5-15(6-8-17)12-19-25-26-22(33-19)24-21(28)16-4-3-11-27(13-16)36(31,32)20-10-9-18(23)34-20/h5-10,14,16H,3-4,11-13H2,1-2H3,(H,24,26,28). The Morgan fingerprint density at radius 3 is 2.53 bits per heavy atom. The molecule has 36 heavy (non-hydrogen) atoms. The number of halogens is 1. The van der Waals surface area contributed by atoms with Crippen molar-refractivity contribution in [2.75, 3.05) is 18.4 Å². The van der Waals surface area contributed by atoms with Gasteiger partial charge in [-0.1, -0.05) is 28.8 Å². The van der Waals surface area contributed by atoms with Crippen molar-refractivity contribution in [1.82, 2.24) is 14.5 Å². The average molecular weight is 573 g/mol. The van der Waals surface area contributed by atoms with E-state index in [9.17, 15) is 21.6 Å². The number of rotatable bonds is 8. The zero-order valence-electron chi connectivity index (χ0n) is 19.5. The predicted octanol–water partition coefficient (Wildman–Crippen LogP) is 3.60. The van der Waals surface area contributed by atoms with Gasteiger partial charge in [0.25, 0.3) is 10.0 Å². The zero-order chi connectivity index (χ0) is 26.1. The predicted molar refractivity (Wildman–Crippen MR) is 135 cm³/mol. The Kier molecular flexibility index (Phi) is 7.86. The molecule has 1 atom stereocenters. The van der Waals surface area contributed by atoms with Crippen molar-refractivity contribution in [3.05, 3.63) is 52.2 Å². The van der Waals surface area contributed by atoms with Crippen molar-refractivity contribution >= 4 is 54.7 Å². The highest BCUT2D eigenvalue weighted by molar-refractivity contribution is 7.92. The number of hydrogen-bond acceptors (Lipinski definition) is 9. The highest BCUT2D eigenvalue weighted by atomic mass is 35.5. The minimum absolute atomic E-state index is 0.0380. The summed E-state index contributed by atoms with van der Waals surface area (Å²) in [5, 5.41) is 9.85. The fourth-order valence-electron chi connectivity index (χ4n) is 3.77. The van der Waals surface area contributed by atoms with Gasteiger partial charge in [0.15, 0.2) is 9.84 Å². The maximum atomic E-state index is 12.9. The largest absolute Gasteiger partial charge is 0.407 e. The number of thiophene rings is 1. The quantitative estimate of drug-likeness (QED) is 0.432. The van der Waals surface area contributed by atoms with Gasteiger partial charge in [0.1, 0.15) is 4.21 Å². The molecule has 4 rings (SSSR count). The molecular weight excluding hydrogens is 548 g/mol. The molecule has 194 valence electrons. The number of anilines is 1. The van der Waals surface area contributed by atoms with Crippen molar-refractivity contribution in [3.8, 4) is 0 Å². The molecule has 1 fully saturated rings. The first-order valence-electron chi connectivity index (χ1n) is 11.2. The third kappa shape index (κ3) is 5.80. The van der Waals surface area contributed by atoms with Crippen LogP contribution < -0.4 is 5.32 Å². The minimum Gasteiger partial charge on any atom is -0.407 e. The van der Waals surface area contributed by atoms with Crippen molar-refractivity contribution in [3.63, 3.8) is 0 Å². The first-order valence-corrected chi connectivity index (χ1v) is 15.4. The highest BCUT2D eigenvalue weighted by Gasteiger charge is 2.34. The van der Waals surface area contributed by atoms with Crippen molar-refractivity contribution < 1.29 is 26.0 Å². The van der Waals surface area contributed by atoms with Crippen molar-refractivity contribution in [2.45, 2.75) is 47.5 Å². The summed E-state index contributed by atoms with van der Waals surface area (Å²) in [6, 6.07) is 9.34. The topological polar surface area (TPSA) is 140 Å². The molecule has 0 radical (unpaired) electrons. The van der Waals surface area contributed by atoms with Gasteiger partial charge in [-0.2, -0.15) is 4.31 Å². The van der Waals surface area contributed by atoms with E-state index in [4.69, 9.17) is 16.0 Å². The summed E-state index contributed by atoms with van der Waals surface area (Å²) < 4.78 is 57.7. The molecular formula is C22H25ClN4O6S3. The van der Waals surface area contributed by atoms with E-state index in [0.29, 0.717) is 23.7 Å². The first-order chi connectivity index (χ1) is 17.0. The van der Waals surface area contributed by atoms with Crippen LogP contribution in [0.4, 0.5) is 6.01 Å². The van der Waals surface area contributed by atoms with E-state index in [1.54, 1.807) is 26.0 Å². The molecule has 1 amide bonds. The van der Waals surface area contributed by atoms with Gasteiger partial charge in [0.2, 0.25) is 11.8 Å². The van der Waals surface area contributed by atoms with Gasteiger partial charge in [-0.3, -0.25) is 10.1 Å². The van der Waals surface area contributed by atoms with E-state index in [-0.39, 0.29) is 34.0 Å². The maximum Gasteiger partial charge on any atom is 0.322 e. The number of aromatic nitrogens is 2. The summed E-state index contributed by atoms with van der Waals surface area (Å²) in [5.41, 5.74) is 0.765. The van der Waals surface area contributed by atoms with E-state index < -0.39 is 36.9 Å². The van der Waals surface area contributed by atoms with Gasteiger partial charge in [-0.15, -0.1) is 16.4 Å². The molecule has 1 aliphatic rings. The molecule has 0 bridgehead atoms. The van der Waals surface area contributed by atoms with Gasteiger partial charge in [0.05, 0.1) is 26.8 Å². The number of sulfone groups is 1. The number of sulfonamides is 1. The fourth-order valence-corrected chi connectivity index (χ4v) is 7.99. The second-order valence-electron chi connectivity index (χ2n) is 8.67. The number of nitrogens with zero attached hydrogens (tertiary/aromatic N) is 3. The SMILES string of the molecule is CC(C)S(=O)(=O)c1ccc(Cc2nnc(NC(=O)C3CCCN(S(=O)(=O)c4ccc(Cl)s4)C3)o2)cc1. The van der Waals surface area contributed by atoms with E-state index in [2.05, 4.69) is 15.5 Å². The van der Waals surface area contributed by atoms with Crippen LogP contribution in [0.25, 0.3) is 0 Å². The summed E-state index contributed by atoms with van der Waals surface area (Å²) in [4.78, 5) is 13.0. The van der Waals surface area contributed by atoms with Crippen LogP contribution in [-0.2, 0) is 31.1 Å². The Labute approximate surface area is 218 Å². The number of benzene rings is 1. The Balaban J connectivity index is 1.37. The highest BCUT2D eigenvalue weighted by Crippen LogP contribution is 2.31. The number of amides is 1. The van der Waals surface area contributed by atoms with Crippen LogP contribution in [0, 0.1) is 5.92 Å². The van der Waals surface area contributed by atoms with E-state index in [0.717, 1.165) is 16.9 Å². The molecule has 1 N–H and O–H groups in total. The third-order valence-corrected chi connectivity index (χ3v) is 11.6. The Hall–Kier alpha value is -2.32. The van der Waals surface area contributed by atoms with E-state index in [1.165, 1.54) is 28.6 Å². The van der Waals surface area contributed by atoms with Gasteiger partial charge in [-0.05, 0) is 56.5 Å². The molecule has 10 nitrogen and oxygen atoms in total. The molecule has 0 spiro atoms. The summed E-state index contributed by atoms with van der Waals surface area (Å²) in [7, 11) is -7.09. The van der Waals surface area contributed by atoms with Crippen LogP contribution in [0.3, 0.4) is 0 Å². The monoisotopic (exact) mass is 572 g/mol. The molecule has 1 unspecified atom stereocenters. The van der Waals surface area contributed by atoms with Gasteiger partial charge < -0.3 is 4.42 Å². The Morgan fingerprint density at radius 2 is 1.89 bits per heavy atom. The lowest BCUT2D eigenvalue weighted by Crippen LogP contribution is -2.43. The molecule has 1 aliphatic heterocycles. The Morgan fingerprint density at radius 1 is 1.17 bits per heavy atom. The van der Waals surface area contributed by atoms with Crippen molar-refractivity contribution in [1.29, 1.82) is 0 Å². The minimum atomic E-state index is -3.73. The molecule has 1 saturated heterocycles. The lowest BCUT2D eigenvalue weighted by molar-refractivity contribution is -0.121. The second-order valence-corrected chi connectivity index (χ2v) is 15.0. The summed E-state index contributed by atoms with van der Waals surface area (Å²) >= 11 is 6.87. The van der Waals surface area contributed by atoms with Crippen LogP contribution in [0.5, 0.6) is 0 Å². The molecule has 14 heteroatoms. The molecule has 3 heterocycles. The van der Waals surface area contributed by atoms with E-state index >= 15 is 0 Å². The second kappa shape index (κ2) is 10.6. The third-order valence-electron chi connectivity index (χ3n) is 5.82. The summed E-state index contributed by atoms with van der Waals surface area (Å²) in [6.45, 7) is 3.61. The lowest BCUT2D eigenvalue weighted by Gasteiger charge is -2.30. The fraction of sp³-hybridized carbons (Fsp3) is 0.409. The van der Waals surface area contributed by atoms with Crippen LogP contribution in [0.15, 0.2) is 49.9 Å². The number of hydrogen-bond donors (Lipinski definition) is 1. The first kappa shape index (κ1) is 26.7. The van der Waals surface area contributed by atoms with Crippen LogP contribution in [0.2, 0.25) is 4.34 Å². The number of carbonyl (C=O) groups excluding carboxylic acids is 1. The number of nitrogens with one attached hydrogen (secondary N) is 1. The molecule has 0 aliphatic carbocycles. The lowest BCUT2D eigenvalue weighted by atomic mass is 9.99.